The zero-order valence-electron chi connectivity index (χ0n) is 14.7. The molecule has 5 rings (SSSR count). The zero-order valence-corrected chi connectivity index (χ0v) is 16.2. The topological polar surface area (TPSA) is 60.9 Å². The lowest BCUT2D eigenvalue weighted by Crippen LogP contribution is -2.05. The standard InChI is InChI=1S/C21H14BrN3O2/c1-11-18-19(15-10-13(22)8-9-16(15)27-21(18)26)17-12(2)24-25(20(17)23-11)14-6-4-3-5-7-14/h3-10H,1-2H3. The average molecular weight is 420 g/mol. The van der Waals surface area contributed by atoms with E-state index in [4.69, 9.17) is 14.5 Å². The first-order valence-corrected chi connectivity index (χ1v) is 9.31. The van der Waals surface area contributed by atoms with Crippen molar-refractivity contribution in [2.24, 2.45) is 0 Å². The summed E-state index contributed by atoms with van der Waals surface area (Å²) in [6, 6.07) is 15.5. The van der Waals surface area contributed by atoms with Gasteiger partial charge in [0.15, 0.2) is 5.65 Å². The van der Waals surface area contributed by atoms with Gasteiger partial charge >= 0.3 is 5.63 Å². The number of fused-ring (bicyclic) bond motifs is 5. The molecular formula is C21H14BrN3O2. The summed E-state index contributed by atoms with van der Waals surface area (Å²) in [7, 11) is 0. The predicted molar refractivity (Wildman–Crippen MR) is 110 cm³/mol. The van der Waals surface area contributed by atoms with Gasteiger partial charge in [0.25, 0.3) is 0 Å². The van der Waals surface area contributed by atoms with Gasteiger partial charge in [0.05, 0.1) is 27.8 Å². The van der Waals surface area contributed by atoms with Crippen LogP contribution in [0, 0.1) is 13.8 Å². The van der Waals surface area contributed by atoms with Crippen LogP contribution in [0.15, 0.2) is 62.2 Å². The van der Waals surface area contributed by atoms with Gasteiger partial charge in [-0.1, -0.05) is 34.1 Å². The van der Waals surface area contributed by atoms with Gasteiger partial charge in [0.1, 0.15) is 5.58 Å². The lowest BCUT2D eigenvalue weighted by Gasteiger charge is -2.08. The summed E-state index contributed by atoms with van der Waals surface area (Å²) in [5.74, 6) is 0. The van der Waals surface area contributed by atoms with E-state index in [0.717, 1.165) is 37.7 Å². The Balaban J connectivity index is 2.07. The number of hydrogen-bond acceptors (Lipinski definition) is 4. The molecule has 0 unspecified atom stereocenters. The van der Waals surface area contributed by atoms with E-state index < -0.39 is 0 Å². The Morgan fingerprint density at radius 3 is 2.52 bits per heavy atom. The van der Waals surface area contributed by atoms with E-state index in [2.05, 4.69) is 15.9 Å². The van der Waals surface area contributed by atoms with E-state index in [0.29, 0.717) is 16.7 Å². The second kappa shape index (κ2) is 5.76. The maximum Gasteiger partial charge on any atom is 0.346 e. The van der Waals surface area contributed by atoms with Gasteiger partial charge in [-0.05, 0) is 44.2 Å². The van der Waals surface area contributed by atoms with Crippen molar-refractivity contribution in [3.05, 3.63) is 74.8 Å². The third-order valence-electron chi connectivity index (χ3n) is 4.79. The number of hydrogen-bond donors (Lipinski definition) is 0. The maximum absolute atomic E-state index is 12.7. The molecule has 5 aromatic rings. The normalized spacial score (nSPS) is 11.7. The molecule has 132 valence electrons. The van der Waals surface area contributed by atoms with E-state index in [9.17, 15) is 4.79 Å². The minimum atomic E-state index is -0.376. The molecule has 0 fully saturated rings. The van der Waals surface area contributed by atoms with E-state index >= 15 is 0 Å². The van der Waals surface area contributed by atoms with Crippen LogP contribution in [0.25, 0.3) is 38.5 Å². The smallest absolute Gasteiger partial charge is 0.346 e. The largest absolute Gasteiger partial charge is 0.422 e. The van der Waals surface area contributed by atoms with Gasteiger partial charge < -0.3 is 4.42 Å². The van der Waals surface area contributed by atoms with Crippen LogP contribution in [-0.2, 0) is 0 Å². The van der Waals surface area contributed by atoms with Gasteiger partial charge in [-0.25, -0.2) is 14.5 Å². The Morgan fingerprint density at radius 1 is 0.963 bits per heavy atom. The highest BCUT2D eigenvalue weighted by Gasteiger charge is 2.20. The molecule has 5 nitrogen and oxygen atoms in total. The third kappa shape index (κ3) is 2.33. The highest BCUT2D eigenvalue weighted by molar-refractivity contribution is 9.10. The maximum atomic E-state index is 12.7. The predicted octanol–water partition coefficient (Wildman–Crippen LogP) is 5.06. The second-order valence-corrected chi connectivity index (χ2v) is 7.42. The first-order valence-electron chi connectivity index (χ1n) is 8.52. The highest BCUT2D eigenvalue weighted by Crippen LogP contribution is 2.34. The summed E-state index contributed by atoms with van der Waals surface area (Å²) < 4.78 is 8.29. The molecule has 0 aliphatic rings. The van der Waals surface area contributed by atoms with Crippen LogP contribution in [-0.4, -0.2) is 14.8 Å². The highest BCUT2D eigenvalue weighted by atomic mass is 79.9. The van der Waals surface area contributed by atoms with E-state index in [1.54, 1.807) is 6.07 Å². The van der Waals surface area contributed by atoms with Crippen LogP contribution in [0.1, 0.15) is 11.4 Å². The number of para-hydroxylation sites is 1. The lowest BCUT2D eigenvalue weighted by molar-refractivity contribution is 0.569. The number of nitrogens with zero attached hydrogens (tertiary/aromatic N) is 3. The summed E-state index contributed by atoms with van der Waals surface area (Å²) in [6.45, 7) is 3.77. The summed E-state index contributed by atoms with van der Waals surface area (Å²) >= 11 is 3.52. The van der Waals surface area contributed by atoms with Crippen LogP contribution in [0.4, 0.5) is 0 Å². The lowest BCUT2D eigenvalue weighted by atomic mass is 10.0. The fraction of sp³-hybridized carbons (Fsp3) is 0.0952. The van der Waals surface area contributed by atoms with Gasteiger partial charge in [0, 0.05) is 15.2 Å². The van der Waals surface area contributed by atoms with Gasteiger partial charge in [-0.3, -0.25) is 0 Å². The van der Waals surface area contributed by atoms with Crippen molar-refractivity contribution in [2.75, 3.05) is 0 Å². The van der Waals surface area contributed by atoms with Gasteiger partial charge in [-0.2, -0.15) is 5.10 Å². The average Bonchev–Trinajstić information content (AvgIpc) is 2.99. The number of pyridine rings is 1. The minimum Gasteiger partial charge on any atom is -0.422 e. The molecule has 3 heterocycles. The molecule has 0 spiro atoms. The molecule has 0 aliphatic carbocycles. The van der Waals surface area contributed by atoms with Crippen LogP contribution in [0.2, 0.25) is 0 Å². The van der Waals surface area contributed by atoms with E-state index in [-0.39, 0.29) is 5.63 Å². The van der Waals surface area contributed by atoms with Crippen LogP contribution in [0.5, 0.6) is 0 Å². The molecule has 6 heteroatoms. The summed E-state index contributed by atoms with van der Waals surface area (Å²) in [5, 5.41) is 7.80. The van der Waals surface area contributed by atoms with Crippen molar-refractivity contribution in [3.8, 4) is 5.69 Å². The molecule has 0 saturated heterocycles. The number of benzene rings is 2. The summed E-state index contributed by atoms with van der Waals surface area (Å²) in [5.41, 5.74) is 3.28. The Morgan fingerprint density at radius 2 is 1.74 bits per heavy atom. The fourth-order valence-electron chi connectivity index (χ4n) is 3.64. The molecule has 0 bridgehead atoms. The molecule has 2 aromatic carbocycles. The third-order valence-corrected chi connectivity index (χ3v) is 5.28. The summed E-state index contributed by atoms with van der Waals surface area (Å²) in [6.07, 6.45) is 0. The molecule has 0 atom stereocenters. The summed E-state index contributed by atoms with van der Waals surface area (Å²) in [4.78, 5) is 17.4. The molecule has 0 amide bonds. The molecule has 27 heavy (non-hydrogen) atoms. The van der Waals surface area contributed by atoms with Crippen molar-refractivity contribution < 1.29 is 4.42 Å². The Hall–Kier alpha value is -2.99. The molecule has 0 radical (unpaired) electrons. The second-order valence-electron chi connectivity index (χ2n) is 6.51. The van der Waals surface area contributed by atoms with Crippen LogP contribution in [0.3, 0.4) is 0 Å². The number of halogens is 1. The first kappa shape index (κ1) is 16.2. The van der Waals surface area contributed by atoms with Crippen LogP contribution < -0.4 is 5.63 Å². The quantitative estimate of drug-likeness (QED) is 0.281. The number of aromatic nitrogens is 3. The van der Waals surface area contributed by atoms with E-state index in [1.807, 2.05) is 61.0 Å². The van der Waals surface area contributed by atoms with Crippen molar-refractivity contribution in [3.63, 3.8) is 0 Å². The van der Waals surface area contributed by atoms with E-state index in [1.165, 1.54) is 0 Å². The molecule has 0 aliphatic heterocycles. The molecule has 0 saturated carbocycles. The van der Waals surface area contributed by atoms with Crippen molar-refractivity contribution in [1.82, 2.24) is 14.8 Å². The zero-order chi connectivity index (χ0) is 18.7. The Bertz CT molecular complexity index is 1420. The van der Waals surface area contributed by atoms with Gasteiger partial charge in [0.2, 0.25) is 0 Å². The monoisotopic (exact) mass is 419 g/mol. The van der Waals surface area contributed by atoms with Crippen molar-refractivity contribution in [2.45, 2.75) is 13.8 Å². The Kier molecular flexibility index (Phi) is 3.45. The Labute approximate surface area is 162 Å². The minimum absolute atomic E-state index is 0.376. The fourth-order valence-corrected chi connectivity index (χ4v) is 4.00. The van der Waals surface area contributed by atoms with Gasteiger partial charge in [-0.15, -0.1) is 0 Å². The number of rotatable bonds is 1. The molecule has 3 aromatic heterocycles. The van der Waals surface area contributed by atoms with Crippen molar-refractivity contribution >= 4 is 48.7 Å². The molecular weight excluding hydrogens is 406 g/mol. The number of aryl methyl sites for hydroxylation is 2. The van der Waals surface area contributed by atoms with Crippen molar-refractivity contribution in [1.29, 1.82) is 0 Å². The molecule has 0 N–H and O–H groups in total. The van der Waals surface area contributed by atoms with Crippen LogP contribution >= 0.6 is 15.9 Å². The SMILES string of the molecule is Cc1nc2c(c(C)nn2-c2ccccc2)c2c1c(=O)oc1ccc(Br)cc12. The first-order chi connectivity index (χ1) is 13.0.